The van der Waals surface area contributed by atoms with Crippen LogP contribution in [0.15, 0.2) is 4.99 Å². The Morgan fingerprint density at radius 1 is 1.67 bits per heavy atom. The van der Waals surface area contributed by atoms with Gasteiger partial charge in [-0.15, -0.1) is 0 Å². The Balaban J connectivity index is 3.07. The van der Waals surface area contributed by atoms with Crippen LogP contribution in [0.3, 0.4) is 0 Å². The number of amidine groups is 1. The molecule has 0 amide bonds. The normalized spacial score (nSPS) is 12.0. The van der Waals surface area contributed by atoms with E-state index in [0.29, 0.717) is 5.17 Å². The van der Waals surface area contributed by atoms with E-state index in [2.05, 4.69) is 11.9 Å². The van der Waals surface area contributed by atoms with Crippen molar-refractivity contribution < 1.29 is 0 Å². The van der Waals surface area contributed by atoms with E-state index < -0.39 is 0 Å². The third-order valence-electron chi connectivity index (χ3n) is 0.968. The van der Waals surface area contributed by atoms with Gasteiger partial charge < -0.3 is 5.73 Å². The quantitative estimate of drug-likeness (QED) is 0.372. The van der Waals surface area contributed by atoms with Crippen molar-refractivity contribution in [1.82, 2.24) is 0 Å². The van der Waals surface area contributed by atoms with Crippen LogP contribution in [0.25, 0.3) is 0 Å². The monoisotopic (exact) mass is 146 g/mol. The second-order valence-corrected chi connectivity index (χ2v) is 2.88. The molecule has 0 bridgehead atoms. The van der Waals surface area contributed by atoms with E-state index in [1.807, 2.05) is 0 Å². The number of nitrogens with two attached hydrogens (primary N) is 1. The highest BCUT2D eigenvalue weighted by Gasteiger charge is 1.89. The molecule has 0 aromatic carbocycles. The SMILES string of the molecule is CCCCSC(N)=NC. The van der Waals surface area contributed by atoms with Crippen molar-refractivity contribution in [2.45, 2.75) is 19.8 Å². The third-order valence-corrected chi connectivity index (χ3v) is 1.94. The summed E-state index contributed by atoms with van der Waals surface area (Å²) in [4.78, 5) is 3.82. The van der Waals surface area contributed by atoms with E-state index in [9.17, 15) is 0 Å². The van der Waals surface area contributed by atoms with Gasteiger partial charge in [-0.2, -0.15) is 0 Å². The molecular weight excluding hydrogens is 132 g/mol. The molecular formula is C6H14N2S. The number of unbranched alkanes of at least 4 members (excludes halogenated alkanes) is 1. The van der Waals surface area contributed by atoms with Gasteiger partial charge in [0.05, 0.1) is 0 Å². The zero-order valence-corrected chi connectivity index (χ0v) is 6.87. The highest BCUT2D eigenvalue weighted by molar-refractivity contribution is 8.13. The van der Waals surface area contributed by atoms with Gasteiger partial charge in [0.2, 0.25) is 0 Å². The third kappa shape index (κ3) is 5.69. The minimum Gasteiger partial charge on any atom is -0.379 e. The Morgan fingerprint density at radius 3 is 2.78 bits per heavy atom. The lowest BCUT2D eigenvalue weighted by molar-refractivity contribution is 0.898. The van der Waals surface area contributed by atoms with Gasteiger partial charge in [0.15, 0.2) is 5.17 Å². The summed E-state index contributed by atoms with van der Waals surface area (Å²) >= 11 is 1.63. The molecule has 0 rings (SSSR count). The predicted molar refractivity (Wildman–Crippen MR) is 44.9 cm³/mol. The van der Waals surface area contributed by atoms with Gasteiger partial charge >= 0.3 is 0 Å². The minimum atomic E-state index is 0.698. The second-order valence-electron chi connectivity index (χ2n) is 1.76. The molecule has 9 heavy (non-hydrogen) atoms. The highest BCUT2D eigenvalue weighted by Crippen LogP contribution is 2.02. The molecule has 54 valence electrons. The number of aliphatic imine (C=N–C) groups is 1. The highest BCUT2D eigenvalue weighted by atomic mass is 32.2. The van der Waals surface area contributed by atoms with Crippen molar-refractivity contribution >= 4 is 16.9 Å². The van der Waals surface area contributed by atoms with Crippen molar-refractivity contribution in [3.63, 3.8) is 0 Å². The molecule has 2 nitrogen and oxygen atoms in total. The van der Waals surface area contributed by atoms with Crippen molar-refractivity contribution in [2.24, 2.45) is 10.7 Å². The molecule has 0 heterocycles. The first-order valence-electron chi connectivity index (χ1n) is 3.16. The maximum atomic E-state index is 5.43. The van der Waals surface area contributed by atoms with E-state index in [-0.39, 0.29) is 0 Å². The molecule has 0 saturated heterocycles. The first kappa shape index (κ1) is 8.82. The molecule has 0 aromatic rings. The number of thioether (sulfide) groups is 1. The van der Waals surface area contributed by atoms with Crippen LogP contribution in [0, 0.1) is 0 Å². The molecule has 0 aliphatic rings. The van der Waals surface area contributed by atoms with Crippen molar-refractivity contribution in [3.05, 3.63) is 0 Å². The molecule has 0 fully saturated rings. The Labute approximate surface area is 60.9 Å². The van der Waals surface area contributed by atoms with Crippen LogP contribution in [-0.4, -0.2) is 18.0 Å². The van der Waals surface area contributed by atoms with Crippen LogP contribution in [0.2, 0.25) is 0 Å². The maximum absolute atomic E-state index is 5.43. The molecule has 0 atom stereocenters. The van der Waals surface area contributed by atoms with Crippen LogP contribution in [0.4, 0.5) is 0 Å². The Hall–Kier alpha value is -0.180. The summed E-state index contributed by atoms with van der Waals surface area (Å²) < 4.78 is 0. The summed E-state index contributed by atoms with van der Waals surface area (Å²) in [6.45, 7) is 2.17. The summed E-state index contributed by atoms with van der Waals surface area (Å²) in [6, 6.07) is 0. The van der Waals surface area contributed by atoms with Crippen LogP contribution in [0.5, 0.6) is 0 Å². The average molecular weight is 146 g/mol. The molecule has 0 spiro atoms. The number of nitrogens with zero attached hydrogens (tertiary/aromatic N) is 1. The molecule has 0 aromatic heterocycles. The lowest BCUT2D eigenvalue weighted by Crippen LogP contribution is -2.06. The van der Waals surface area contributed by atoms with Gasteiger partial charge in [-0.05, 0) is 6.42 Å². The molecule has 0 aliphatic carbocycles. The van der Waals surface area contributed by atoms with Crippen molar-refractivity contribution in [2.75, 3.05) is 12.8 Å². The van der Waals surface area contributed by atoms with E-state index in [4.69, 9.17) is 5.73 Å². The summed E-state index contributed by atoms with van der Waals surface area (Å²) in [5, 5.41) is 0.698. The fraction of sp³-hybridized carbons (Fsp3) is 0.833. The lowest BCUT2D eigenvalue weighted by atomic mass is 10.4. The van der Waals surface area contributed by atoms with E-state index in [1.54, 1.807) is 18.8 Å². The van der Waals surface area contributed by atoms with E-state index in [0.717, 1.165) is 5.75 Å². The smallest absolute Gasteiger partial charge is 0.153 e. The Kier molecular flexibility index (Phi) is 5.83. The van der Waals surface area contributed by atoms with Crippen LogP contribution < -0.4 is 5.73 Å². The predicted octanol–water partition coefficient (Wildman–Crippen LogP) is 1.46. The Bertz CT molecular complexity index is 91.1. The first-order chi connectivity index (χ1) is 4.31. The molecule has 0 unspecified atom stereocenters. The molecule has 3 heteroatoms. The van der Waals surface area contributed by atoms with Gasteiger partial charge in [0, 0.05) is 12.8 Å². The first-order valence-corrected chi connectivity index (χ1v) is 4.15. The molecule has 0 saturated carbocycles. The zero-order valence-electron chi connectivity index (χ0n) is 6.05. The molecule has 0 radical (unpaired) electrons. The van der Waals surface area contributed by atoms with Crippen LogP contribution in [0.1, 0.15) is 19.8 Å². The van der Waals surface area contributed by atoms with E-state index in [1.165, 1.54) is 12.8 Å². The van der Waals surface area contributed by atoms with Gasteiger partial charge in [-0.1, -0.05) is 25.1 Å². The van der Waals surface area contributed by atoms with Gasteiger partial charge in [-0.3, -0.25) is 4.99 Å². The van der Waals surface area contributed by atoms with Crippen molar-refractivity contribution in [3.8, 4) is 0 Å². The summed E-state index contributed by atoms with van der Waals surface area (Å²) in [5.74, 6) is 1.10. The number of rotatable bonds is 3. The fourth-order valence-electron chi connectivity index (χ4n) is 0.386. The standard InChI is InChI=1S/C6H14N2S/c1-3-4-5-9-6(7)8-2/h3-5H2,1-2H3,(H2,7,8). The largest absolute Gasteiger partial charge is 0.379 e. The minimum absolute atomic E-state index is 0.698. The van der Waals surface area contributed by atoms with Gasteiger partial charge in [-0.25, -0.2) is 0 Å². The number of hydrogen-bond acceptors (Lipinski definition) is 2. The van der Waals surface area contributed by atoms with E-state index >= 15 is 0 Å². The summed E-state index contributed by atoms with van der Waals surface area (Å²) in [6.07, 6.45) is 2.45. The van der Waals surface area contributed by atoms with Crippen LogP contribution >= 0.6 is 11.8 Å². The lowest BCUT2D eigenvalue weighted by Gasteiger charge is -1.95. The average Bonchev–Trinajstić information content (AvgIpc) is 1.89. The topological polar surface area (TPSA) is 38.4 Å². The number of hydrogen-bond donors (Lipinski definition) is 1. The van der Waals surface area contributed by atoms with Crippen LogP contribution in [-0.2, 0) is 0 Å². The van der Waals surface area contributed by atoms with Gasteiger partial charge in [0.1, 0.15) is 0 Å². The Morgan fingerprint density at radius 2 is 2.33 bits per heavy atom. The summed E-state index contributed by atoms with van der Waals surface area (Å²) in [7, 11) is 1.72. The fourth-order valence-corrected chi connectivity index (χ4v) is 1.16. The maximum Gasteiger partial charge on any atom is 0.153 e. The zero-order chi connectivity index (χ0) is 7.11. The molecule has 0 aliphatic heterocycles. The van der Waals surface area contributed by atoms with Crippen molar-refractivity contribution in [1.29, 1.82) is 0 Å². The second kappa shape index (κ2) is 5.95. The van der Waals surface area contributed by atoms with Gasteiger partial charge in [0.25, 0.3) is 0 Å². The molecule has 2 N–H and O–H groups in total. The summed E-state index contributed by atoms with van der Waals surface area (Å²) in [5.41, 5.74) is 5.43.